The van der Waals surface area contributed by atoms with E-state index in [1.54, 1.807) is 10.6 Å². The minimum Gasteiger partial charge on any atom is -0.465 e. The fourth-order valence-corrected chi connectivity index (χ4v) is 4.09. The molecule has 4 rings (SSSR count). The molecule has 1 saturated heterocycles. The van der Waals surface area contributed by atoms with Crippen molar-refractivity contribution in [2.75, 3.05) is 13.7 Å². The molecule has 29 heavy (non-hydrogen) atoms. The number of ether oxygens (including phenoxy) is 3. The zero-order chi connectivity index (χ0) is 20.5. The van der Waals surface area contributed by atoms with E-state index in [2.05, 4.69) is 0 Å². The largest absolute Gasteiger partial charge is 0.465 e. The van der Waals surface area contributed by atoms with Gasteiger partial charge in [0, 0.05) is 18.4 Å². The molecule has 3 heterocycles. The van der Waals surface area contributed by atoms with Crippen molar-refractivity contribution >= 4 is 5.97 Å². The van der Waals surface area contributed by atoms with Crippen molar-refractivity contribution in [3.05, 3.63) is 75.0 Å². The van der Waals surface area contributed by atoms with Crippen LogP contribution >= 0.6 is 0 Å². The van der Waals surface area contributed by atoms with Crippen LogP contribution in [0.2, 0.25) is 0 Å². The maximum Gasteiger partial charge on any atom is 0.340 e. The van der Waals surface area contributed by atoms with E-state index in [1.807, 2.05) is 37.3 Å². The SMILES string of the molecule is COC(=O)C1=C(N)Oc2cc(C)n(C[C@@H]3CCCO3)c(=O)c2[C@H]1c1ccccc1. The summed E-state index contributed by atoms with van der Waals surface area (Å²) >= 11 is 0. The topological polar surface area (TPSA) is 92.8 Å². The first-order valence-electron chi connectivity index (χ1n) is 9.68. The van der Waals surface area contributed by atoms with Crippen molar-refractivity contribution in [2.45, 2.75) is 38.3 Å². The Hall–Kier alpha value is -3.06. The molecule has 0 unspecified atom stereocenters. The fourth-order valence-electron chi connectivity index (χ4n) is 4.09. The van der Waals surface area contributed by atoms with E-state index >= 15 is 0 Å². The maximum atomic E-state index is 13.6. The molecule has 0 spiro atoms. The molecule has 1 aromatic heterocycles. The predicted octanol–water partition coefficient (Wildman–Crippen LogP) is 2.20. The lowest BCUT2D eigenvalue weighted by molar-refractivity contribution is -0.136. The van der Waals surface area contributed by atoms with Crippen molar-refractivity contribution in [1.82, 2.24) is 4.57 Å². The number of aryl methyl sites for hydroxylation is 1. The van der Waals surface area contributed by atoms with E-state index in [0.29, 0.717) is 24.5 Å². The van der Waals surface area contributed by atoms with E-state index < -0.39 is 11.9 Å². The Morgan fingerprint density at radius 3 is 2.72 bits per heavy atom. The first-order valence-corrected chi connectivity index (χ1v) is 9.68. The maximum absolute atomic E-state index is 13.6. The average molecular weight is 396 g/mol. The molecule has 1 aromatic carbocycles. The Labute approximate surface area is 168 Å². The minimum atomic E-state index is -0.670. The molecule has 152 valence electrons. The van der Waals surface area contributed by atoms with Crippen molar-refractivity contribution < 1.29 is 19.0 Å². The van der Waals surface area contributed by atoms with Crippen LogP contribution in [0, 0.1) is 6.92 Å². The van der Waals surface area contributed by atoms with Gasteiger partial charge < -0.3 is 24.5 Å². The van der Waals surface area contributed by atoms with E-state index in [0.717, 1.165) is 24.1 Å². The van der Waals surface area contributed by atoms with Crippen molar-refractivity contribution in [3.63, 3.8) is 0 Å². The number of fused-ring (bicyclic) bond motifs is 1. The number of carbonyl (C=O) groups is 1. The monoisotopic (exact) mass is 396 g/mol. The molecule has 0 aliphatic carbocycles. The number of aromatic nitrogens is 1. The van der Waals surface area contributed by atoms with Crippen LogP contribution in [0.4, 0.5) is 0 Å². The first-order chi connectivity index (χ1) is 14.0. The normalized spacial score (nSPS) is 20.9. The van der Waals surface area contributed by atoms with Crippen molar-refractivity contribution in [2.24, 2.45) is 5.73 Å². The zero-order valence-corrected chi connectivity index (χ0v) is 16.5. The van der Waals surface area contributed by atoms with Gasteiger partial charge in [-0.15, -0.1) is 0 Å². The molecular weight excluding hydrogens is 372 g/mol. The van der Waals surface area contributed by atoms with Crippen LogP contribution in [-0.2, 0) is 20.8 Å². The molecule has 2 N–H and O–H groups in total. The van der Waals surface area contributed by atoms with Gasteiger partial charge in [0.05, 0.1) is 31.2 Å². The Bertz CT molecular complexity index is 1020. The van der Waals surface area contributed by atoms with E-state index in [4.69, 9.17) is 19.9 Å². The van der Waals surface area contributed by atoms with Gasteiger partial charge in [-0.05, 0) is 25.3 Å². The summed E-state index contributed by atoms with van der Waals surface area (Å²) in [5, 5.41) is 0. The summed E-state index contributed by atoms with van der Waals surface area (Å²) in [6.45, 7) is 3.03. The Morgan fingerprint density at radius 1 is 1.31 bits per heavy atom. The van der Waals surface area contributed by atoms with Gasteiger partial charge in [0.2, 0.25) is 5.88 Å². The second kappa shape index (κ2) is 7.75. The van der Waals surface area contributed by atoms with E-state index in [-0.39, 0.29) is 23.1 Å². The number of nitrogens with two attached hydrogens (primary N) is 1. The highest BCUT2D eigenvalue weighted by Gasteiger charge is 2.38. The van der Waals surface area contributed by atoms with Crippen LogP contribution in [0.3, 0.4) is 0 Å². The minimum absolute atomic E-state index is 0.00447. The Morgan fingerprint density at radius 2 is 2.07 bits per heavy atom. The van der Waals surface area contributed by atoms with Crippen LogP contribution in [0.5, 0.6) is 5.75 Å². The highest BCUT2D eigenvalue weighted by molar-refractivity contribution is 5.92. The highest BCUT2D eigenvalue weighted by Crippen LogP contribution is 2.41. The Kier molecular flexibility index (Phi) is 5.15. The summed E-state index contributed by atoms with van der Waals surface area (Å²) in [5.74, 6) is -0.965. The molecular formula is C22H24N2O5. The van der Waals surface area contributed by atoms with E-state index in [9.17, 15) is 9.59 Å². The highest BCUT2D eigenvalue weighted by atomic mass is 16.5. The summed E-state index contributed by atoms with van der Waals surface area (Å²) in [6.07, 6.45) is 1.91. The molecule has 2 atom stereocenters. The second-order valence-corrected chi connectivity index (χ2v) is 7.33. The number of rotatable bonds is 4. The lowest BCUT2D eigenvalue weighted by atomic mass is 9.83. The summed E-state index contributed by atoms with van der Waals surface area (Å²) in [4.78, 5) is 26.1. The average Bonchev–Trinajstić information content (AvgIpc) is 3.23. The summed E-state index contributed by atoms with van der Waals surface area (Å²) < 4.78 is 18.1. The number of hydrogen-bond donors (Lipinski definition) is 1. The van der Waals surface area contributed by atoms with Gasteiger partial charge >= 0.3 is 5.97 Å². The molecule has 0 amide bonds. The smallest absolute Gasteiger partial charge is 0.340 e. The standard InChI is InChI=1S/C22H24N2O5/c1-13-11-16-18(21(25)24(13)12-15-9-6-10-28-15)17(14-7-4-3-5-8-14)19(20(23)29-16)22(26)27-2/h3-5,7-8,11,15,17H,6,9-10,12,23H2,1-2H3/t15-,17+/m0/s1. The third-order valence-electron chi connectivity index (χ3n) is 5.52. The lowest BCUT2D eigenvalue weighted by Gasteiger charge is -2.29. The molecule has 2 aliphatic heterocycles. The van der Waals surface area contributed by atoms with Gasteiger partial charge in [0.25, 0.3) is 5.56 Å². The van der Waals surface area contributed by atoms with Crippen LogP contribution < -0.4 is 16.0 Å². The molecule has 2 aromatic rings. The van der Waals surface area contributed by atoms with Gasteiger partial charge in [-0.3, -0.25) is 4.79 Å². The molecule has 2 aliphatic rings. The van der Waals surface area contributed by atoms with Crippen LogP contribution in [0.25, 0.3) is 0 Å². The number of hydrogen-bond acceptors (Lipinski definition) is 6. The second-order valence-electron chi connectivity index (χ2n) is 7.33. The fraction of sp³-hybridized carbons (Fsp3) is 0.364. The third kappa shape index (κ3) is 3.42. The van der Waals surface area contributed by atoms with Crippen molar-refractivity contribution in [3.8, 4) is 5.75 Å². The van der Waals surface area contributed by atoms with Gasteiger partial charge in [-0.2, -0.15) is 0 Å². The zero-order valence-electron chi connectivity index (χ0n) is 16.5. The summed E-state index contributed by atoms with van der Waals surface area (Å²) in [5.41, 5.74) is 7.93. The van der Waals surface area contributed by atoms with Crippen molar-refractivity contribution in [1.29, 1.82) is 0 Å². The quantitative estimate of drug-likeness (QED) is 0.797. The number of carbonyl (C=O) groups excluding carboxylic acids is 1. The summed E-state index contributed by atoms with van der Waals surface area (Å²) in [6, 6.07) is 11.1. The number of pyridine rings is 1. The van der Waals surface area contributed by atoms with Crippen LogP contribution in [0.15, 0.2) is 52.6 Å². The van der Waals surface area contributed by atoms with Gasteiger partial charge in [-0.25, -0.2) is 4.79 Å². The molecule has 0 saturated carbocycles. The number of benzene rings is 1. The third-order valence-corrected chi connectivity index (χ3v) is 5.52. The number of esters is 1. The molecule has 1 fully saturated rings. The number of methoxy groups -OCH3 is 1. The van der Waals surface area contributed by atoms with Gasteiger partial charge in [0.1, 0.15) is 11.3 Å². The predicted molar refractivity (Wildman–Crippen MR) is 107 cm³/mol. The van der Waals surface area contributed by atoms with Gasteiger partial charge in [0.15, 0.2) is 0 Å². The summed E-state index contributed by atoms with van der Waals surface area (Å²) in [7, 11) is 1.28. The molecule has 0 bridgehead atoms. The van der Waals surface area contributed by atoms with Gasteiger partial charge in [-0.1, -0.05) is 30.3 Å². The Balaban J connectivity index is 1.90. The van der Waals surface area contributed by atoms with Crippen LogP contribution in [-0.4, -0.2) is 30.4 Å². The lowest BCUT2D eigenvalue weighted by Crippen LogP contribution is -2.36. The van der Waals surface area contributed by atoms with Crippen LogP contribution in [0.1, 0.15) is 35.6 Å². The number of nitrogens with zero attached hydrogens (tertiary/aromatic N) is 1. The molecule has 7 nitrogen and oxygen atoms in total. The molecule has 0 radical (unpaired) electrons. The first kappa shape index (κ1) is 19.3. The van der Waals surface area contributed by atoms with E-state index in [1.165, 1.54) is 7.11 Å². The molecule has 7 heteroatoms.